The number of halogens is 2. The zero-order valence-corrected chi connectivity index (χ0v) is 10.0. The lowest BCUT2D eigenvalue weighted by Gasteiger charge is -2.15. The molecule has 0 saturated carbocycles. The Labute approximate surface area is 103 Å². The van der Waals surface area contributed by atoms with E-state index < -0.39 is 12.1 Å². The van der Waals surface area contributed by atoms with Gasteiger partial charge in [-0.3, -0.25) is 0 Å². The zero-order chi connectivity index (χ0) is 12.3. The van der Waals surface area contributed by atoms with Crippen LogP contribution in [0.2, 0.25) is 10.0 Å². The first kappa shape index (κ1) is 12.9. The van der Waals surface area contributed by atoms with Crippen LogP contribution in [-0.4, -0.2) is 17.2 Å². The highest BCUT2D eigenvalue weighted by Crippen LogP contribution is 2.33. The largest absolute Gasteiger partial charge is 0.479 e. The minimum atomic E-state index is -1.05. The summed E-state index contributed by atoms with van der Waals surface area (Å²) >= 11 is 11.5. The molecular weight excluding hydrogens is 253 g/mol. The number of hydrogen-bond donors (Lipinski definition) is 2. The van der Waals surface area contributed by atoms with E-state index in [4.69, 9.17) is 38.8 Å². The molecule has 0 heterocycles. The van der Waals surface area contributed by atoms with Crippen LogP contribution >= 0.6 is 23.2 Å². The summed E-state index contributed by atoms with van der Waals surface area (Å²) < 4.78 is 5.22. The molecule has 0 spiro atoms. The molecule has 88 valence electrons. The number of carboxylic acids is 1. The molecule has 0 bridgehead atoms. The molecule has 3 N–H and O–H groups in total. The predicted molar refractivity (Wildman–Crippen MR) is 63.2 cm³/mol. The van der Waals surface area contributed by atoms with Gasteiger partial charge in [-0.25, -0.2) is 4.79 Å². The lowest BCUT2D eigenvalue weighted by atomic mass is 10.2. The SMILES string of the molecule is CCC(Oc1cc(Cl)c(Cl)cc1N)C(=O)O. The van der Waals surface area contributed by atoms with Crippen molar-refractivity contribution in [3.8, 4) is 5.75 Å². The second kappa shape index (κ2) is 5.27. The van der Waals surface area contributed by atoms with Gasteiger partial charge in [-0.15, -0.1) is 0 Å². The van der Waals surface area contributed by atoms with Gasteiger partial charge >= 0.3 is 5.97 Å². The van der Waals surface area contributed by atoms with Crippen molar-refractivity contribution in [1.82, 2.24) is 0 Å². The van der Waals surface area contributed by atoms with Crippen LogP contribution in [0.15, 0.2) is 12.1 Å². The molecule has 1 rings (SSSR count). The van der Waals surface area contributed by atoms with Crippen LogP contribution in [0.5, 0.6) is 5.75 Å². The van der Waals surface area contributed by atoms with Crippen LogP contribution in [0.1, 0.15) is 13.3 Å². The van der Waals surface area contributed by atoms with E-state index in [1.54, 1.807) is 6.92 Å². The minimum Gasteiger partial charge on any atom is -0.479 e. The fourth-order valence-corrected chi connectivity index (χ4v) is 1.43. The quantitative estimate of drug-likeness (QED) is 0.820. The van der Waals surface area contributed by atoms with Crippen molar-refractivity contribution in [1.29, 1.82) is 0 Å². The van der Waals surface area contributed by atoms with Crippen LogP contribution in [0.3, 0.4) is 0 Å². The number of ether oxygens (including phenoxy) is 1. The Morgan fingerprint density at radius 2 is 2.06 bits per heavy atom. The van der Waals surface area contributed by atoms with Gasteiger partial charge in [-0.05, 0) is 12.5 Å². The zero-order valence-electron chi connectivity index (χ0n) is 8.54. The Hall–Kier alpha value is -1.13. The molecule has 0 fully saturated rings. The number of carbonyl (C=O) groups is 1. The van der Waals surface area contributed by atoms with E-state index in [-0.39, 0.29) is 16.5 Å². The number of benzene rings is 1. The van der Waals surface area contributed by atoms with Crippen molar-refractivity contribution < 1.29 is 14.6 Å². The summed E-state index contributed by atoms with van der Waals surface area (Å²) in [5.41, 5.74) is 5.89. The van der Waals surface area contributed by atoms with Crippen molar-refractivity contribution in [3.05, 3.63) is 22.2 Å². The number of anilines is 1. The van der Waals surface area contributed by atoms with Crippen molar-refractivity contribution in [2.75, 3.05) is 5.73 Å². The van der Waals surface area contributed by atoms with E-state index in [2.05, 4.69) is 0 Å². The number of carboxylic acid groups (broad SMARTS) is 1. The van der Waals surface area contributed by atoms with Gasteiger partial charge in [-0.1, -0.05) is 30.1 Å². The Balaban J connectivity index is 2.96. The van der Waals surface area contributed by atoms with Gasteiger partial charge in [0.15, 0.2) is 6.10 Å². The summed E-state index contributed by atoms with van der Waals surface area (Å²) in [5.74, 6) is -0.823. The molecule has 1 aromatic carbocycles. The number of aliphatic carboxylic acids is 1. The van der Waals surface area contributed by atoms with Gasteiger partial charge in [-0.2, -0.15) is 0 Å². The van der Waals surface area contributed by atoms with Crippen LogP contribution in [0.25, 0.3) is 0 Å². The second-order valence-corrected chi connectivity index (χ2v) is 3.97. The molecule has 0 aliphatic carbocycles. The summed E-state index contributed by atoms with van der Waals surface area (Å²) in [6.45, 7) is 1.70. The third kappa shape index (κ3) is 2.93. The van der Waals surface area contributed by atoms with Gasteiger partial charge in [0.2, 0.25) is 0 Å². The smallest absolute Gasteiger partial charge is 0.344 e. The van der Waals surface area contributed by atoms with E-state index in [0.29, 0.717) is 11.4 Å². The highest BCUT2D eigenvalue weighted by atomic mass is 35.5. The van der Waals surface area contributed by atoms with E-state index >= 15 is 0 Å². The summed E-state index contributed by atoms with van der Waals surface area (Å²) in [4.78, 5) is 10.8. The predicted octanol–water partition coefficient (Wildman–Crippen LogP) is 2.82. The average molecular weight is 264 g/mol. The van der Waals surface area contributed by atoms with Gasteiger partial charge in [0.1, 0.15) is 5.75 Å². The first-order chi connectivity index (χ1) is 7.45. The maximum absolute atomic E-state index is 10.8. The molecule has 0 saturated heterocycles. The third-order valence-electron chi connectivity index (χ3n) is 1.97. The number of hydrogen-bond acceptors (Lipinski definition) is 3. The molecule has 1 atom stereocenters. The number of nitrogens with two attached hydrogens (primary N) is 1. The van der Waals surface area contributed by atoms with E-state index in [0.717, 1.165) is 0 Å². The summed E-state index contributed by atoms with van der Waals surface area (Å²) in [6.07, 6.45) is -0.616. The molecule has 16 heavy (non-hydrogen) atoms. The van der Waals surface area contributed by atoms with Gasteiger partial charge in [0.25, 0.3) is 0 Å². The van der Waals surface area contributed by atoms with Gasteiger partial charge in [0, 0.05) is 6.07 Å². The Kier molecular flexibility index (Phi) is 4.26. The highest BCUT2D eigenvalue weighted by Gasteiger charge is 2.18. The Morgan fingerprint density at radius 3 is 2.56 bits per heavy atom. The lowest BCUT2D eigenvalue weighted by molar-refractivity contribution is -0.145. The fourth-order valence-electron chi connectivity index (χ4n) is 1.11. The van der Waals surface area contributed by atoms with Crippen LogP contribution in [0.4, 0.5) is 5.69 Å². The van der Waals surface area contributed by atoms with E-state index in [1.165, 1.54) is 12.1 Å². The molecule has 1 aromatic rings. The van der Waals surface area contributed by atoms with E-state index in [9.17, 15) is 4.79 Å². The van der Waals surface area contributed by atoms with Crippen molar-refractivity contribution in [3.63, 3.8) is 0 Å². The van der Waals surface area contributed by atoms with Crippen LogP contribution in [-0.2, 0) is 4.79 Å². The van der Waals surface area contributed by atoms with Crippen LogP contribution in [0, 0.1) is 0 Å². The number of nitrogen functional groups attached to an aromatic ring is 1. The van der Waals surface area contributed by atoms with Crippen molar-refractivity contribution in [2.24, 2.45) is 0 Å². The molecule has 6 heteroatoms. The van der Waals surface area contributed by atoms with Gasteiger partial charge in [0.05, 0.1) is 15.7 Å². The van der Waals surface area contributed by atoms with Crippen molar-refractivity contribution >= 4 is 34.9 Å². The molecule has 0 aliphatic rings. The van der Waals surface area contributed by atoms with Crippen molar-refractivity contribution in [2.45, 2.75) is 19.4 Å². The topological polar surface area (TPSA) is 72.5 Å². The molecule has 0 radical (unpaired) electrons. The lowest BCUT2D eigenvalue weighted by Crippen LogP contribution is -2.26. The molecule has 0 amide bonds. The monoisotopic (exact) mass is 263 g/mol. The Morgan fingerprint density at radius 1 is 1.50 bits per heavy atom. The molecule has 0 aromatic heterocycles. The standard InChI is InChI=1S/C10H11Cl2NO3/c1-2-8(10(14)15)16-9-4-6(12)5(11)3-7(9)13/h3-4,8H,2,13H2,1H3,(H,14,15). The number of rotatable bonds is 4. The average Bonchev–Trinajstić information content (AvgIpc) is 2.21. The highest BCUT2D eigenvalue weighted by molar-refractivity contribution is 6.42. The first-order valence-corrected chi connectivity index (χ1v) is 5.35. The van der Waals surface area contributed by atoms with Gasteiger partial charge < -0.3 is 15.6 Å². The maximum atomic E-state index is 10.8. The molecule has 1 unspecified atom stereocenters. The molecular formula is C10H11Cl2NO3. The summed E-state index contributed by atoms with van der Waals surface area (Å²) in [7, 11) is 0. The summed E-state index contributed by atoms with van der Waals surface area (Å²) in [6, 6.07) is 2.83. The first-order valence-electron chi connectivity index (χ1n) is 4.59. The molecule has 4 nitrogen and oxygen atoms in total. The normalized spacial score (nSPS) is 12.2. The fraction of sp³-hybridized carbons (Fsp3) is 0.300. The Bertz CT molecular complexity index is 409. The summed E-state index contributed by atoms with van der Waals surface area (Å²) in [5, 5.41) is 9.39. The van der Waals surface area contributed by atoms with E-state index in [1.807, 2.05) is 0 Å². The minimum absolute atomic E-state index is 0.226. The maximum Gasteiger partial charge on any atom is 0.344 e. The third-order valence-corrected chi connectivity index (χ3v) is 2.69. The van der Waals surface area contributed by atoms with Crippen LogP contribution < -0.4 is 10.5 Å². The second-order valence-electron chi connectivity index (χ2n) is 3.16. The molecule has 0 aliphatic heterocycles.